The van der Waals surface area contributed by atoms with Crippen LogP contribution in [0.5, 0.6) is 5.75 Å². The lowest BCUT2D eigenvalue weighted by Crippen LogP contribution is -2.22. The third-order valence-electron chi connectivity index (χ3n) is 2.47. The molecule has 0 heterocycles. The zero-order chi connectivity index (χ0) is 15.7. The zero-order valence-electron chi connectivity index (χ0n) is 12.4. The Morgan fingerprint density at radius 1 is 1.10 bits per heavy atom. The molecule has 0 amide bonds. The molecule has 0 radical (unpaired) electrons. The maximum absolute atomic E-state index is 11.9. The number of carbonyl (C=O) groups is 2. The highest BCUT2D eigenvalue weighted by Crippen LogP contribution is 2.26. The van der Waals surface area contributed by atoms with E-state index in [4.69, 9.17) is 14.2 Å². The van der Waals surface area contributed by atoms with Gasteiger partial charge in [0.25, 0.3) is 0 Å². The number of rotatable bonds is 7. The molecule has 0 atom stereocenters. The SMILES string of the molecule is CCOC(=O)CC(=Nc1ccccc1OC)C(=O)OCC. The Labute approximate surface area is 123 Å². The van der Waals surface area contributed by atoms with Crippen LogP contribution in [0.3, 0.4) is 0 Å². The Hall–Kier alpha value is -2.37. The minimum absolute atomic E-state index is 0.0141. The quantitative estimate of drug-likeness (QED) is 0.569. The lowest BCUT2D eigenvalue weighted by Gasteiger charge is -2.08. The molecule has 0 N–H and O–H groups in total. The van der Waals surface area contributed by atoms with Gasteiger partial charge in [-0.05, 0) is 26.0 Å². The van der Waals surface area contributed by atoms with Crippen LogP contribution < -0.4 is 4.74 Å². The standard InChI is InChI=1S/C15H19NO5/c1-4-20-14(17)10-12(15(18)21-5-2)16-11-8-6-7-9-13(11)19-3/h6-9H,4-5,10H2,1-3H3. The summed E-state index contributed by atoms with van der Waals surface area (Å²) in [6, 6.07) is 6.94. The third kappa shape index (κ3) is 5.25. The van der Waals surface area contributed by atoms with Crippen molar-refractivity contribution < 1.29 is 23.8 Å². The summed E-state index contributed by atoms with van der Waals surface area (Å²) in [4.78, 5) is 27.6. The first kappa shape index (κ1) is 16.7. The van der Waals surface area contributed by atoms with E-state index < -0.39 is 11.9 Å². The van der Waals surface area contributed by atoms with Crippen molar-refractivity contribution in [2.24, 2.45) is 4.99 Å². The van der Waals surface area contributed by atoms with Crippen LogP contribution in [0.4, 0.5) is 5.69 Å². The molecular weight excluding hydrogens is 274 g/mol. The summed E-state index contributed by atoms with van der Waals surface area (Å²) in [6.45, 7) is 3.82. The molecule has 1 aromatic carbocycles. The second-order valence-corrected chi connectivity index (χ2v) is 3.93. The van der Waals surface area contributed by atoms with Crippen molar-refractivity contribution in [3.8, 4) is 5.75 Å². The summed E-state index contributed by atoms with van der Waals surface area (Å²) in [7, 11) is 1.50. The van der Waals surface area contributed by atoms with Crippen LogP contribution in [0.2, 0.25) is 0 Å². The number of hydrogen-bond donors (Lipinski definition) is 0. The van der Waals surface area contributed by atoms with E-state index in [0.29, 0.717) is 11.4 Å². The van der Waals surface area contributed by atoms with E-state index in [1.54, 1.807) is 38.1 Å². The monoisotopic (exact) mass is 293 g/mol. The number of hydrogen-bond acceptors (Lipinski definition) is 6. The van der Waals surface area contributed by atoms with Gasteiger partial charge in [-0.1, -0.05) is 12.1 Å². The van der Waals surface area contributed by atoms with Gasteiger partial charge in [-0.3, -0.25) is 4.79 Å². The highest BCUT2D eigenvalue weighted by atomic mass is 16.5. The van der Waals surface area contributed by atoms with Crippen molar-refractivity contribution in [1.82, 2.24) is 0 Å². The van der Waals surface area contributed by atoms with E-state index in [-0.39, 0.29) is 25.3 Å². The molecule has 0 spiro atoms. The van der Waals surface area contributed by atoms with Crippen molar-refractivity contribution in [3.05, 3.63) is 24.3 Å². The predicted molar refractivity (Wildman–Crippen MR) is 78.0 cm³/mol. The molecule has 1 aromatic rings. The number of para-hydroxylation sites is 2. The number of ether oxygens (including phenoxy) is 3. The minimum Gasteiger partial charge on any atom is -0.494 e. The molecule has 0 unspecified atom stereocenters. The Bertz CT molecular complexity index is 525. The van der Waals surface area contributed by atoms with Crippen molar-refractivity contribution in [3.63, 3.8) is 0 Å². The number of aliphatic imine (C=N–C) groups is 1. The summed E-state index contributed by atoms with van der Waals surface area (Å²) in [5.74, 6) is -0.668. The van der Waals surface area contributed by atoms with Gasteiger partial charge in [0.2, 0.25) is 0 Å². The highest BCUT2D eigenvalue weighted by Gasteiger charge is 2.18. The summed E-state index contributed by atoms with van der Waals surface area (Å²) in [6.07, 6.45) is -0.245. The van der Waals surface area contributed by atoms with E-state index in [1.165, 1.54) is 7.11 Å². The van der Waals surface area contributed by atoms with Gasteiger partial charge in [0.1, 0.15) is 17.1 Å². The Morgan fingerprint density at radius 2 is 1.76 bits per heavy atom. The van der Waals surface area contributed by atoms with E-state index in [1.807, 2.05) is 0 Å². The van der Waals surface area contributed by atoms with Crippen molar-refractivity contribution in [2.75, 3.05) is 20.3 Å². The molecule has 0 bridgehead atoms. The number of methoxy groups -OCH3 is 1. The number of benzene rings is 1. The van der Waals surface area contributed by atoms with E-state index in [0.717, 1.165) is 0 Å². The summed E-state index contributed by atoms with van der Waals surface area (Å²) < 4.78 is 14.9. The Kier molecular flexibility index (Phi) is 6.94. The fourth-order valence-electron chi connectivity index (χ4n) is 1.59. The van der Waals surface area contributed by atoms with E-state index in [9.17, 15) is 9.59 Å². The summed E-state index contributed by atoms with van der Waals surface area (Å²) in [5.41, 5.74) is 0.437. The van der Waals surface area contributed by atoms with E-state index >= 15 is 0 Å². The average Bonchev–Trinajstić information content (AvgIpc) is 2.47. The summed E-state index contributed by atoms with van der Waals surface area (Å²) >= 11 is 0. The van der Waals surface area contributed by atoms with E-state index in [2.05, 4.69) is 4.99 Å². The normalized spacial score (nSPS) is 10.9. The van der Waals surface area contributed by atoms with Gasteiger partial charge >= 0.3 is 11.9 Å². The highest BCUT2D eigenvalue weighted by molar-refractivity contribution is 6.40. The van der Waals surface area contributed by atoms with Crippen LogP contribution in [0.25, 0.3) is 0 Å². The molecule has 114 valence electrons. The second-order valence-electron chi connectivity index (χ2n) is 3.93. The van der Waals surface area contributed by atoms with Crippen molar-refractivity contribution in [1.29, 1.82) is 0 Å². The molecule has 6 nitrogen and oxygen atoms in total. The maximum Gasteiger partial charge on any atom is 0.353 e. The molecule has 0 aliphatic heterocycles. The molecule has 0 saturated heterocycles. The molecule has 1 rings (SSSR count). The number of esters is 2. The smallest absolute Gasteiger partial charge is 0.353 e. The van der Waals surface area contributed by atoms with Crippen LogP contribution in [0, 0.1) is 0 Å². The molecule has 0 aliphatic rings. The van der Waals surface area contributed by atoms with Crippen LogP contribution in [0.1, 0.15) is 20.3 Å². The first-order valence-corrected chi connectivity index (χ1v) is 6.65. The lowest BCUT2D eigenvalue weighted by molar-refractivity contribution is -0.143. The van der Waals surface area contributed by atoms with Gasteiger partial charge in [0, 0.05) is 0 Å². The molecular formula is C15H19NO5. The largest absolute Gasteiger partial charge is 0.494 e. The van der Waals surface area contributed by atoms with Crippen molar-refractivity contribution in [2.45, 2.75) is 20.3 Å². The first-order chi connectivity index (χ1) is 10.1. The van der Waals surface area contributed by atoms with Crippen LogP contribution in [0.15, 0.2) is 29.3 Å². The van der Waals surface area contributed by atoms with Gasteiger partial charge in [-0.15, -0.1) is 0 Å². The van der Waals surface area contributed by atoms with Gasteiger partial charge in [-0.2, -0.15) is 0 Å². The molecule has 6 heteroatoms. The lowest BCUT2D eigenvalue weighted by atomic mass is 10.2. The molecule has 0 saturated carbocycles. The maximum atomic E-state index is 11.9. The molecule has 21 heavy (non-hydrogen) atoms. The second kappa shape index (κ2) is 8.73. The van der Waals surface area contributed by atoms with Crippen molar-refractivity contribution >= 4 is 23.3 Å². The fourth-order valence-corrected chi connectivity index (χ4v) is 1.59. The topological polar surface area (TPSA) is 74.2 Å². The third-order valence-corrected chi connectivity index (χ3v) is 2.47. The molecule has 0 fully saturated rings. The summed E-state index contributed by atoms with van der Waals surface area (Å²) in [5, 5.41) is 0. The number of nitrogens with zero attached hydrogens (tertiary/aromatic N) is 1. The van der Waals surface area contributed by atoms with Crippen LogP contribution in [-0.2, 0) is 19.1 Å². The van der Waals surface area contributed by atoms with Gasteiger partial charge < -0.3 is 14.2 Å². The zero-order valence-corrected chi connectivity index (χ0v) is 12.4. The number of carbonyl (C=O) groups excluding carboxylic acids is 2. The average molecular weight is 293 g/mol. The first-order valence-electron chi connectivity index (χ1n) is 6.65. The van der Waals surface area contributed by atoms with Gasteiger partial charge in [0.05, 0.1) is 26.7 Å². The Morgan fingerprint density at radius 3 is 2.38 bits per heavy atom. The van der Waals surface area contributed by atoms with Crippen LogP contribution in [-0.4, -0.2) is 38.0 Å². The van der Waals surface area contributed by atoms with Gasteiger partial charge in [0.15, 0.2) is 0 Å². The fraction of sp³-hybridized carbons (Fsp3) is 0.400. The molecule has 0 aromatic heterocycles. The minimum atomic E-state index is -0.642. The Balaban J connectivity index is 3.06. The van der Waals surface area contributed by atoms with Crippen LogP contribution >= 0.6 is 0 Å². The van der Waals surface area contributed by atoms with Gasteiger partial charge in [-0.25, -0.2) is 9.79 Å². The molecule has 0 aliphatic carbocycles. The predicted octanol–water partition coefficient (Wildman–Crippen LogP) is 2.28.